The Bertz CT molecular complexity index is 585. The van der Waals surface area contributed by atoms with Gasteiger partial charge in [-0.25, -0.2) is 0 Å². The summed E-state index contributed by atoms with van der Waals surface area (Å²) in [6.45, 7) is 5.36. The summed E-state index contributed by atoms with van der Waals surface area (Å²) in [7, 11) is 0. The summed E-state index contributed by atoms with van der Waals surface area (Å²) in [5, 5.41) is 3.72. The summed E-state index contributed by atoms with van der Waals surface area (Å²) in [4.78, 5) is 1.38. The van der Waals surface area contributed by atoms with Crippen molar-refractivity contribution in [1.29, 1.82) is 0 Å². The molecule has 0 spiro atoms. The molecular weight excluding hydrogens is 286 g/mol. The molecule has 1 N–H and O–H groups in total. The lowest BCUT2D eigenvalue weighted by molar-refractivity contribution is 0.417. The Kier molecular flexibility index (Phi) is 4.16. The van der Waals surface area contributed by atoms with Crippen LogP contribution in [-0.4, -0.2) is 6.54 Å². The van der Waals surface area contributed by atoms with Gasteiger partial charge in [-0.3, -0.25) is 0 Å². The molecular formula is C17H20ClNS. The topological polar surface area (TPSA) is 12.0 Å². The number of rotatable bonds is 5. The monoisotopic (exact) mass is 305 g/mol. The van der Waals surface area contributed by atoms with E-state index in [1.165, 1.54) is 28.0 Å². The summed E-state index contributed by atoms with van der Waals surface area (Å²) in [5.41, 5.74) is 4.20. The predicted octanol–water partition coefficient (Wildman–Crippen LogP) is 5.09. The van der Waals surface area contributed by atoms with Crippen LogP contribution in [0.2, 0.25) is 4.34 Å². The van der Waals surface area contributed by atoms with Crippen molar-refractivity contribution in [2.45, 2.75) is 38.6 Å². The lowest BCUT2D eigenvalue weighted by Gasteiger charge is -2.36. The molecule has 0 saturated carbocycles. The number of halogens is 1. The number of benzene rings is 1. The lowest BCUT2D eigenvalue weighted by atomic mass is 9.73. The van der Waals surface area contributed by atoms with Crippen molar-refractivity contribution >= 4 is 22.9 Å². The highest BCUT2D eigenvalue weighted by Crippen LogP contribution is 2.46. The largest absolute Gasteiger partial charge is 0.309 e. The van der Waals surface area contributed by atoms with Crippen LogP contribution >= 0.6 is 22.9 Å². The van der Waals surface area contributed by atoms with E-state index < -0.39 is 0 Å². The van der Waals surface area contributed by atoms with E-state index in [2.05, 4.69) is 49.5 Å². The van der Waals surface area contributed by atoms with Crippen LogP contribution < -0.4 is 5.32 Å². The maximum atomic E-state index is 6.26. The predicted molar refractivity (Wildman–Crippen MR) is 88.0 cm³/mol. The van der Waals surface area contributed by atoms with E-state index in [9.17, 15) is 0 Å². The second-order valence-electron chi connectivity index (χ2n) is 5.55. The van der Waals surface area contributed by atoms with Crippen LogP contribution in [0.1, 0.15) is 46.9 Å². The van der Waals surface area contributed by atoms with Crippen molar-refractivity contribution < 1.29 is 0 Å². The average molecular weight is 306 g/mol. The maximum absolute atomic E-state index is 6.26. The first-order valence-electron chi connectivity index (χ1n) is 7.27. The number of aryl methyl sites for hydroxylation is 1. The third-order valence-electron chi connectivity index (χ3n) is 4.09. The normalized spacial score (nSPS) is 18.4. The molecule has 1 nitrogen and oxygen atoms in total. The molecule has 1 heterocycles. The third-order valence-corrected chi connectivity index (χ3v) is 5.73. The zero-order chi connectivity index (χ0) is 14.1. The summed E-state index contributed by atoms with van der Waals surface area (Å²) < 4.78 is 0.927. The summed E-state index contributed by atoms with van der Waals surface area (Å²) in [6.07, 6.45) is 2.33. The number of thiophene rings is 1. The molecule has 0 amide bonds. The number of fused-ring (bicyclic) bond motifs is 1. The van der Waals surface area contributed by atoms with E-state index >= 15 is 0 Å². The minimum Gasteiger partial charge on any atom is -0.309 e. The molecule has 0 radical (unpaired) electrons. The molecule has 0 saturated heterocycles. The SMILES string of the molecule is CCCNC(c1cc(C)c(Cl)s1)C1Cc2ccccc21. The van der Waals surface area contributed by atoms with Crippen molar-refractivity contribution in [3.63, 3.8) is 0 Å². The van der Waals surface area contributed by atoms with Crippen LogP contribution in [0.25, 0.3) is 0 Å². The summed E-state index contributed by atoms with van der Waals surface area (Å²) in [6, 6.07) is 11.5. The van der Waals surface area contributed by atoms with Gasteiger partial charge >= 0.3 is 0 Å². The molecule has 0 fully saturated rings. The summed E-state index contributed by atoms with van der Waals surface area (Å²) >= 11 is 7.99. The van der Waals surface area contributed by atoms with Gasteiger partial charge in [0.05, 0.1) is 4.34 Å². The maximum Gasteiger partial charge on any atom is 0.0960 e. The average Bonchev–Trinajstić information content (AvgIpc) is 2.75. The Balaban J connectivity index is 1.88. The van der Waals surface area contributed by atoms with Crippen LogP contribution in [0, 0.1) is 6.92 Å². The molecule has 0 aliphatic heterocycles. The van der Waals surface area contributed by atoms with Gasteiger partial charge in [0, 0.05) is 16.8 Å². The van der Waals surface area contributed by atoms with Crippen molar-refractivity contribution in [1.82, 2.24) is 5.32 Å². The second kappa shape index (κ2) is 5.88. The molecule has 1 aliphatic rings. The first kappa shape index (κ1) is 14.1. The summed E-state index contributed by atoms with van der Waals surface area (Å²) in [5.74, 6) is 0.590. The lowest BCUT2D eigenvalue weighted by Crippen LogP contribution is -2.33. The van der Waals surface area contributed by atoms with Gasteiger partial charge in [0.15, 0.2) is 0 Å². The molecule has 0 bridgehead atoms. The minimum absolute atomic E-state index is 0.404. The number of hydrogen-bond donors (Lipinski definition) is 1. The van der Waals surface area contributed by atoms with Gasteiger partial charge in [0.25, 0.3) is 0 Å². The van der Waals surface area contributed by atoms with E-state index in [0.717, 1.165) is 17.3 Å². The van der Waals surface area contributed by atoms with Crippen molar-refractivity contribution in [3.8, 4) is 0 Å². The molecule has 3 rings (SSSR count). The second-order valence-corrected chi connectivity index (χ2v) is 7.23. The Hall–Kier alpha value is -0.830. The minimum atomic E-state index is 0.404. The zero-order valence-corrected chi connectivity index (χ0v) is 13.5. The smallest absolute Gasteiger partial charge is 0.0960 e. The fourth-order valence-electron chi connectivity index (χ4n) is 2.97. The van der Waals surface area contributed by atoms with Crippen LogP contribution in [0.3, 0.4) is 0 Å². The highest BCUT2D eigenvalue weighted by Gasteiger charge is 2.34. The van der Waals surface area contributed by atoms with E-state index in [-0.39, 0.29) is 0 Å². The fourth-order valence-corrected chi connectivity index (χ4v) is 4.33. The third kappa shape index (κ3) is 2.52. The first-order valence-corrected chi connectivity index (χ1v) is 8.47. The molecule has 1 aromatic heterocycles. The van der Waals surface area contributed by atoms with Gasteiger partial charge in [0.1, 0.15) is 0 Å². The van der Waals surface area contributed by atoms with E-state index in [4.69, 9.17) is 11.6 Å². The van der Waals surface area contributed by atoms with Crippen LogP contribution in [0.5, 0.6) is 0 Å². The quantitative estimate of drug-likeness (QED) is 0.811. The highest BCUT2D eigenvalue weighted by molar-refractivity contribution is 7.16. The highest BCUT2D eigenvalue weighted by atomic mass is 35.5. The van der Waals surface area contributed by atoms with E-state index in [1.807, 2.05) is 0 Å². The van der Waals surface area contributed by atoms with Gasteiger partial charge < -0.3 is 5.32 Å². The van der Waals surface area contributed by atoms with Crippen LogP contribution in [0.4, 0.5) is 0 Å². The van der Waals surface area contributed by atoms with Crippen molar-refractivity contribution in [3.05, 3.63) is 56.2 Å². The van der Waals surface area contributed by atoms with E-state index in [1.54, 1.807) is 11.3 Å². The first-order chi connectivity index (χ1) is 9.70. The molecule has 1 aromatic carbocycles. The number of nitrogens with one attached hydrogen (secondary N) is 1. The van der Waals surface area contributed by atoms with Crippen molar-refractivity contribution in [2.75, 3.05) is 6.54 Å². The van der Waals surface area contributed by atoms with Crippen molar-refractivity contribution in [2.24, 2.45) is 0 Å². The molecule has 2 unspecified atom stereocenters. The van der Waals surface area contributed by atoms with Gasteiger partial charge in [-0.1, -0.05) is 42.8 Å². The van der Waals surface area contributed by atoms with E-state index in [0.29, 0.717) is 12.0 Å². The Morgan fingerprint density at radius 2 is 2.20 bits per heavy atom. The molecule has 106 valence electrons. The molecule has 2 atom stereocenters. The Morgan fingerprint density at radius 3 is 2.85 bits per heavy atom. The Labute approximate surface area is 130 Å². The fraction of sp³-hybridized carbons (Fsp3) is 0.412. The molecule has 2 aromatic rings. The molecule has 20 heavy (non-hydrogen) atoms. The molecule has 1 aliphatic carbocycles. The van der Waals surface area contributed by atoms with Gasteiger partial charge in [0.2, 0.25) is 0 Å². The molecule has 3 heteroatoms. The van der Waals surface area contributed by atoms with Crippen LogP contribution in [-0.2, 0) is 6.42 Å². The number of hydrogen-bond acceptors (Lipinski definition) is 2. The van der Waals surface area contributed by atoms with Gasteiger partial charge in [-0.15, -0.1) is 11.3 Å². The van der Waals surface area contributed by atoms with Gasteiger partial charge in [-0.05, 0) is 49.1 Å². The Morgan fingerprint density at radius 1 is 1.40 bits per heavy atom. The van der Waals surface area contributed by atoms with Gasteiger partial charge in [-0.2, -0.15) is 0 Å². The van der Waals surface area contributed by atoms with Crippen LogP contribution in [0.15, 0.2) is 30.3 Å². The standard InChI is InChI=1S/C17H20ClNS/c1-3-8-19-16(15-9-11(2)17(18)20-15)14-10-12-6-4-5-7-13(12)14/h4-7,9,14,16,19H,3,8,10H2,1-2H3. The zero-order valence-electron chi connectivity index (χ0n) is 11.9.